The van der Waals surface area contributed by atoms with Crippen LogP contribution in [-0.4, -0.2) is 0 Å². The minimum atomic E-state index is -0.393. The van der Waals surface area contributed by atoms with Gasteiger partial charge in [0.2, 0.25) is 0 Å². The summed E-state index contributed by atoms with van der Waals surface area (Å²) in [7, 11) is 0. The van der Waals surface area contributed by atoms with Gasteiger partial charge in [0.25, 0.3) is 0 Å². The molecule has 4 rings (SSSR count). The van der Waals surface area contributed by atoms with Gasteiger partial charge in [-0.3, -0.25) is 0 Å². The van der Waals surface area contributed by atoms with Gasteiger partial charge in [-0.25, -0.2) is 4.39 Å². The van der Waals surface area contributed by atoms with Gasteiger partial charge in [0, 0.05) is 0 Å². The van der Waals surface area contributed by atoms with E-state index in [-0.39, 0.29) is 5.56 Å². The minimum absolute atomic E-state index is 0.134. The first kappa shape index (κ1) is 22.3. The molecule has 0 amide bonds. The average Bonchev–Trinajstić information content (AvgIpc) is 2.84. The van der Waals surface area contributed by atoms with Crippen LogP contribution in [0.4, 0.5) is 4.39 Å². The maximum absolute atomic E-state index is 13.8. The number of rotatable bonds is 7. The molecule has 0 heterocycles. The monoisotopic (exact) mass is 425 g/mol. The van der Waals surface area contributed by atoms with Crippen molar-refractivity contribution in [1.29, 1.82) is 5.26 Å². The zero-order valence-electron chi connectivity index (χ0n) is 18.9. The van der Waals surface area contributed by atoms with E-state index in [0.717, 1.165) is 30.7 Å². The van der Waals surface area contributed by atoms with Crippen molar-refractivity contribution in [3.8, 4) is 6.07 Å². The third kappa shape index (κ3) is 5.65. The Bertz CT molecular complexity index is 1040. The summed E-state index contributed by atoms with van der Waals surface area (Å²) in [5.74, 6) is 1.52. The molecule has 0 N–H and O–H groups in total. The molecule has 1 aliphatic carbocycles. The lowest BCUT2D eigenvalue weighted by Crippen LogP contribution is -2.14. The van der Waals surface area contributed by atoms with Crippen molar-refractivity contribution in [3.63, 3.8) is 0 Å². The van der Waals surface area contributed by atoms with E-state index in [9.17, 15) is 4.39 Å². The van der Waals surface area contributed by atoms with Crippen LogP contribution in [0.25, 0.3) is 0 Å². The lowest BCUT2D eigenvalue weighted by Gasteiger charge is -2.29. The summed E-state index contributed by atoms with van der Waals surface area (Å²) in [6.45, 7) is 2.30. The molecule has 0 aliphatic heterocycles. The first-order chi connectivity index (χ1) is 15.6. The molecular weight excluding hydrogens is 393 g/mol. The lowest BCUT2D eigenvalue weighted by atomic mass is 9.76. The molecule has 1 aliphatic rings. The quantitative estimate of drug-likeness (QED) is 0.377. The second-order valence-corrected chi connectivity index (χ2v) is 9.44. The maximum Gasteiger partial charge on any atom is 0.141 e. The summed E-state index contributed by atoms with van der Waals surface area (Å²) < 4.78 is 13.8. The molecule has 1 nitrogen and oxygen atoms in total. The predicted molar refractivity (Wildman–Crippen MR) is 129 cm³/mol. The fourth-order valence-corrected chi connectivity index (χ4v) is 5.14. The van der Waals surface area contributed by atoms with Gasteiger partial charge in [0.15, 0.2) is 0 Å². The van der Waals surface area contributed by atoms with Gasteiger partial charge in [0.1, 0.15) is 11.9 Å². The number of hydrogen-bond acceptors (Lipinski definition) is 1. The molecule has 2 heteroatoms. The predicted octanol–water partition coefficient (Wildman–Crippen LogP) is 7.95. The van der Waals surface area contributed by atoms with E-state index in [0.29, 0.717) is 11.8 Å². The van der Waals surface area contributed by atoms with Crippen molar-refractivity contribution < 1.29 is 4.39 Å². The Kier molecular flexibility index (Phi) is 7.38. The van der Waals surface area contributed by atoms with E-state index in [1.807, 2.05) is 12.1 Å². The molecule has 32 heavy (non-hydrogen) atoms. The van der Waals surface area contributed by atoms with Crippen LogP contribution in [0.3, 0.4) is 0 Å². The largest absolute Gasteiger partial charge is 0.206 e. The molecule has 0 saturated heterocycles. The first-order valence-corrected chi connectivity index (χ1v) is 11.9. The average molecular weight is 426 g/mol. The van der Waals surface area contributed by atoms with E-state index >= 15 is 0 Å². The minimum Gasteiger partial charge on any atom is -0.206 e. The molecule has 0 aromatic heterocycles. The number of aryl methyl sites for hydroxylation is 1. The maximum atomic E-state index is 13.8. The molecule has 0 radical (unpaired) electrons. The highest BCUT2D eigenvalue weighted by Crippen LogP contribution is 2.37. The standard InChI is InChI=1S/C30H32FN/c1-22(26-5-3-2-4-6-26)19-24-11-16-28(17-12-24)27-14-9-23(10-15-27)7-8-25-13-18-29(21-32)30(31)20-25/h2-6,11-13,16-18,20,22-23,27H,7-10,14-15,19H2,1H3. The normalized spacial score (nSPS) is 19.3. The van der Waals surface area contributed by atoms with Gasteiger partial charge in [-0.1, -0.05) is 67.6 Å². The van der Waals surface area contributed by atoms with E-state index in [2.05, 4.69) is 61.5 Å². The van der Waals surface area contributed by atoms with E-state index in [1.54, 1.807) is 6.07 Å². The Morgan fingerprint density at radius 3 is 2.25 bits per heavy atom. The molecule has 3 aromatic carbocycles. The van der Waals surface area contributed by atoms with Crippen LogP contribution in [0.15, 0.2) is 72.8 Å². The molecule has 1 atom stereocenters. The second kappa shape index (κ2) is 10.6. The number of hydrogen-bond donors (Lipinski definition) is 0. The van der Waals surface area contributed by atoms with E-state index < -0.39 is 5.82 Å². The molecule has 0 spiro atoms. The smallest absolute Gasteiger partial charge is 0.141 e. The Morgan fingerprint density at radius 2 is 1.59 bits per heavy atom. The topological polar surface area (TPSA) is 23.8 Å². The van der Waals surface area contributed by atoms with E-state index in [4.69, 9.17) is 5.26 Å². The van der Waals surface area contributed by atoms with Crippen LogP contribution in [0.5, 0.6) is 0 Å². The second-order valence-electron chi connectivity index (χ2n) is 9.44. The number of nitrogens with zero attached hydrogens (tertiary/aromatic N) is 1. The van der Waals surface area contributed by atoms with Crippen molar-refractivity contribution in [2.75, 3.05) is 0 Å². The Morgan fingerprint density at radius 1 is 0.906 bits per heavy atom. The third-order valence-electron chi connectivity index (χ3n) is 7.20. The Labute approximate surface area is 191 Å². The SMILES string of the molecule is CC(Cc1ccc(C2CCC(CCc3ccc(C#N)c(F)c3)CC2)cc1)c1ccccc1. The van der Waals surface area contributed by atoms with Gasteiger partial charge < -0.3 is 0 Å². The van der Waals surface area contributed by atoms with Gasteiger partial charge in [0.05, 0.1) is 5.56 Å². The van der Waals surface area contributed by atoms with Crippen molar-refractivity contribution in [3.05, 3.63) is 106 Å². The molecule has 1 fully saturated rings. The van der Waals surface area contributed by atoms with E-state index in [1.165, 1.54) is 48.4 Å². The Hall–Kier alpha value is -2.92. The highest BCUT2D eigenvalue weighted by Gasteiger charge is 2.22. The van der Waals surface area contributed by atoms with Crippen molar-refractivity contribution in [2.45, 2.75) is 63.7 Å². The van der Waals surface area contributed by atoms with Gasteiger partial charge in [-0.05, 0) is 97.1 Å². The van der Waals surface area contributed by atoms with Gasteiger partial charge in [-0.15, -0.1) is 0 Å². The first-order valence-electron chi connectivity index (χ1n) is 11.9. The van der Waals surface area contributed by atoms with Crippen LogP contribution in [0.2, 0.25) is 0 Å². The fourth-order valence-electron chi connectivity index (χ4n) is 5.14. The van der Waals surface area contributed by atoms with Crippen LogP contribution in [0.1, 0.15) is 78.7 Å². The summed E-state index contributed by atoms with van der Waals surface area (Å²) in [6, 6.07) is 27.0. The van der Waals surface area contributed by atoms with Crippen molar-refractivity contribution in [1.82, 2.24) is 0 Å². The zero-order valence-corrected chi connectivity index (χ0v) is 18.9. The third-order valence-corrected chi connectivity index (χ3v) is 7.20. The molecule has 3 aromatic rings. The van der Waals surface area contributed by atoms with Crippen molar-refractivity contribution in [2.24, 2.45) is 5.92 Å². The summed E-state index contributed by atoms with van der Waals surface area (Å²) in [5.41, 5.74) is 5.43. The van der Waals surface area contributed by atoms with Crippen molar-refractivity contribution >= 4 is 0 Å². The summed E-state index contributed by atoms with van der Waals surface area (Å²) in [5, 5.41) is 8.87. The highest BCUT2D eigenvalue weighted by molar-refractivity contribution is 5.33. The summed E-state index contributed by atoms with van der Waals surface area (Å²) in [4.78, 5) is 0. The molecule has 1 saturated carbocycles. The Balaban J connectivity index is 1.25. The molecule has 164 valence electrons. The van der Waals surface area contributed by atoms with Crippen LogP contribution in [0, 0.1) is 23.1 Å². The van der Waals surface area contributed by atoms with Crippen LogP contribution < -0.4 is 0 Å². The molecular formula is C30H32FN. The number of benzene rings is 3. The highest BCUT2D eigenvalue weighted by atomic mass is 19.1. The van der Waals surface area contributed by atoms with Crippen LogP contribution >= 0.6 is 0 Å². The summed E-state index contributed by atoms with van der Waals surface area (Å²) in [6.07, 6.45) is 8.05. The molecule has 0 bridgehead atoms. The summed E-state index contributed by atoms with van der Waals surface area (Å²) >= 11 is 0. The lowest BCUT2D eigenvalue weighted by molar-refractivity contribution is 0.310. The molecule has 1 unspecified atom stereocenters. The number of nitriles is 1. The zero-order chi connectivity index (χ0) is 22.3. The fraction of sp³-hybridized carbons (Fsp3) is 0.367. The van der Waals surface area contributed by atoms with Gasteiger partial charge in [-0.2, -0.15) is 5.26 Å². The van der Waals surface area contributed by atoms with Gasteiger partial charge >= 0.3 is 0 Å². The number of halogens is 1. The van der Waals surface area contributed by atoms with Crippen LogP contribution in [-0.2, 0) is 12.8 Å².